The summed E-state index contributed by atoms with van der Waals surface area (Å²) in [7, 11) is 0. The minimum atomic E-state index is -0.00257. The van der Waals surface area contributed by atoms with Gasteiger partial charge in [0.15, 0.2) is 0 Å². The molecule has 1 aromatic heterocycles. The van der Waals surface area contributed by atoms with Crippen molar-refractivity contribution in [2.45, 2.75) is 31.7 Å². The highest BCUT2D eigenvalue weighted by Gasteiger charge is 2.44. The van der Waals surface area contributed by atoms with Gasteiger partial charge in [-0.1, -0.05) is 0 Å². The highest BCUT2D eigenvalue weighted by Crippen LogP contribution is 2.38. The third-order valence-electron chi connectivity index (χ3n) is 4.87. The number of nitrogens with one attached hydrogen (secondary N) is 1. The first-order valence-electron chi connectivity index (χ1n) is 7.37. The second kappa shape index (κ2) is 7.09. The molecule has 1 amide bonds. The Morgan fingerprint density at radius 2 is 2.38 bits per heavy atom. The molecule has 3 heterocycles. The number of carbonyl (C=O) groups is 1. The molecule has 0 spiro atoms. The Labute approximate surface area is 135 Å². The first-order chi connectivity index (χ1) is 9.73. The van der Waals surface area contributed by atoms with Gasteiger partial charge in [0, 0.05) is 24.5 Å². The normalized spacial score (nSPS) is 28.6. The van der Waals surface area contributed by atoms with Crippen molar-refractivity contribution in [1.29, 1.82) is 0 Å². The number of piperidine rings is 2. The molecule has 2 aliphatic heterocycles. The van der Waals surface area contributed by atoms with Gasteiger partial charge in [-0.2, -0.15) is 11.3 Å². The molecule has 0 unspecified atom stereocenters. The number of hydrogen-bond donors (Lipinski definition) is 2. The number of carbonyl (C=O) groups excluding carboxylic acids is 1. The lowest BCUT2D eigenvalue weighted by molar-refractivity contribution is -0.135. The lowest BCUT2D eigenvalue weighted by Crippen LogP contribution is -2.62. The molecule has 4 nitrogen and oxygen atoms in total. The highest BCUT2D eigenvalue weighted by molar-refractivity contribution is 7.07. The van der Waals surface area contributed by atoms with Crippen LogP contribution in [0.3, 0.4) is 0 Å². The lowest BCUT2D eigenvalue weighted by Gasteiger charge is -2.50. The number of likely N-dealkylation sites (tertiary alicyclic amines) is 1. The molecule has 21 heavy (non-hydrogen) atoms. The first-order valence-corrected chi connectivity index (χ1v) is 8.31. The molecular formula is C15H23ClN2O2S. The topological polar surface area (TPSA) is 52.6 Å². The number of fused-ring (bicyclic) bond motifs is 1. The van der Waals surface area contributed by atoms with Crippen LogP contribution in [-0.2, 0) is 11.2 Å². The quantitative estimate of drug-likeness (QED) is 0.886. The van der Waals surface area contributed by atoms with E-state index in [1.54, 1.807) is 11.3 Å². The van der Waals surface area contributed by atoms with Crippen molar-refractivity contribution in [2.75, 3.05) is 26.2 Å². The van der Waals surface area contributed by atoms with Crippen LogP contribution in [0.25, 0.3) is 0 Å². The SMILES string of the molecule is Cl.O=C(Cc1ccsc1)N1CC[C@@]2(CO)CCCN[C@@H]2C1. The zero-order valence-corrected chi connectivity index (χ0v) is 13.7. The molecule has 0 saturated carbocycles. The number of hydrogen-bond acceptors (Lipinski definition) is 4. The molecule has 3 rings (SSSR count). The number of halogens is 1. The minimum Gasteiger partial charge on any atom is -0.396 e. The third kappa shape index (κ3) is 3.42. The summed E-state index contributed by atoms with van der Waals surface area (Å²) in [4.78, 5) is 14.3. The van der Waals surface area contributed by atoms with Gasteiger partial charge in [0.05, 0.1) is 13.0 Å². The molecule has 118 valence electrons. The molecule has 2 saturated heterocycles. The fourth-order valence-corrected chi connectivity index (χ4v) is 4.18. The zero-order valence-electron chi connectivity index (χ0n) is 12.1. The molecule has 2 fully saturated rings. The van der Waals surface area contributed by atoms with Crippen molar-refractivity contribution in [3.8, 4) is 0 Å². The van der Waals surface area contributed by atoms with Crippen LogP contribution < -0.4 is 5.32 Å². The summed E-state index contributed by atoms with van der Waals surface area (Å²) in [5.41, 5.74) is 1.10. The van der Waals surface area contributed by atoms with Crippen molar-refractivity contribution < 1.29 is 9.90 Å². The summed E-state index contributed by atoms with van der Waals surface area (Å²) >= 11 is 1.63. The summed E-state index contributed by atoms with van der Waals surface area (Å²) < 4.78 is 0. The molecule has 0 aromatic carbocycles. The molecule has 2 aliphatic rings. The second-order valence-electron chi connectivity index (χ2n) is 6.03. The van der Waals surface area contributed by atoms with Gasteiger partial charge in [0.1, 0.15) is 0 Å². The maximum Gasteiger partial charge on any atom is 0.227 e. The fourth-order valence-electron chi connectivity index (χ4n) is 3.51. The summed E-state index contributed by atoms with van der Waals surface area (Å²) in [6, 6.07) is 2.27. The van der Waals surface area contributed by atoms with Crippen LogP contribution in [0.5, 0.6) is 0 Å². The average molecular weight is 331 g/mol. The monoisotopic (exact) mass is 330 g/mol. The summed E-state index contributed by atoms with van der Waals surface area (Å²) in [6.07, 6.45) is 3.62. The van der Waals surface area contributed by atoms with E-state index in [-0.39, 0.29) is 36.4 Å². The number of thiophene rings is 1. The van der Waals surface area contributed by atoms with Crippen molar-refractivity contribution in [2.24, 2.45) is 5.41 Å². The van der Waals surface area contributed by atoms with Crippen LogP contribution in [0, 0.1) is 5.41 Å². The molecular weight excluding hydrogens is 308 g/mol. The van der Waals surface area contributed by atoms with Gasteiger partial charge < -0.3 is 15.3 Å². The molecule has 0 radical (unpaired) electrons. The third-order valence-corrected chi connectivity index (χ3v) is 5.60. The van der Waals surface area contributed by atoms with Crippen LogP contribution in [0.4, 0.5) is 0 Å². The molecule has 2 N–H and O–H groups in total. The number of aliphatic hydroxyl groups is 1. The van der Waals surface area contributed by atoms with Crippen LogP contribution >= 0.6 is 23.7 Å². The fraction of sp³-hybridized carbons (Fsp3) is 0.667. The van der Waals surface area contributed by atoms with Crippen molar-refractivity contribution >= 4 is 29.7 Å². The van der Waals surface area contributed by atoms with Gasteiger partial charge in [-0.25, -0.2) is 0 Å². The smallest absolute Gasteiger partial charge is 0.227 e. The van der Waals surface area contributed by atoms with Crippen molar-refractivity contribution in [3.63, 3.8) is 0 Å². The van der Waals surface area contributed by atoms with Gasteiger partial charge in [-0.05, 0) is 48.2 Å². The Kier molecular flexibility index (Phi) is 5.66. The number of nitrogens with zero attached hydrogens (tertiary/aromatic N) is 1. The Morgan fingerprint density at radius 3 is 3.10 bits per heavy atom. The van der Waals surface area contributed by atoms with E-state index in [2.05, 4.69) is 5.32 Å². The van der Waals surface area contributed by atoms with E-state index in [1.165, 1.54) is 0 Å². The van der Waals surface area contributed by atoms with E-state index in [0.29, 0.717) is 6.42 Å². The molecule has 2 atom stereocenters. The average Bonchev–Trinajstić information content (AvgIpc) is 2.99. The van der Waals surface area contributed by atoms with E-state index >= 15 is 0 Å². The van der Waals surface area contributed by atoms with Gasteiger partial charge in [0.2, 0.25) is 5.91 Å². The molecule has 6 heteroatoms. The van der Waals surface area contributed by atoms with Gasteiger partial charge in [-0.15, -0.1) is 12.4 Å². The van der Waals surface area contributed by atoms with E-state index in [1.807, 2.05) is 21.7 Å². The van der Waals surface area contributed by atoms with Crippen LogP contribution in [-0.4, -0.2) is 48.2 Å². The van der Waals surface area contributed by atoms with Gasteiger partial charge in [0.25, 0.3) is 0 Å². The van der Waals surface area contributed by atoms with E-state index in [0.717, 1.165) is 44.5 Å². The second-order valence-corrected chi connectivity index (χ2v) is 6.81. The van der Waals surface area contributed by atoms with Crippen LogP contribution in [0.2, 0.25) is 0 Å². The van der Waals surface area contributed by atoms with Crippen LogP contribution in [0.1, 0.15) is 24.8 Å². The first kappa shape index (κ1) is 16.7. The Bertz CT molecular complexity index is 468. The van der Waals surface area contributed by atoms with Gasteiger partial charge in [-0.3, -0.25) is 4.79 Å². The van der Waals surface area contributed by atoms with Gasteiger partial charge >= 0.3 is 0 Å². The summed E-state index contributed by atoms with van der Waals surface area (Å²) in [6.45, 7) is 2.75. The zero-order chi connectivity index (χ0) is 14.0. The Morgan fingerprint density at radius 1 is 1.52 bits per heavy atom. The lowest BCUT2D eigenvalue weighted by atomic mass is 9.70. The predicted molar refractivity (Wildman–Crippen MR) is 87.0 cm³/mol. The van der Waals surface area contributed by atoms with E-state index in [4.69, 9.17) is 0 Å². The number of aliphatic hydroxyl groups excluding tert-OH is 1. The van der Waals surface area contributed by atoms with Crippen LogP contribution in [0.15, 0.2) is 16.8 Å². The maximum absolute atomic E-state index is 12.4. The maximum atomic E-state index is 12.4. The number of rotatable bonds is 3. The molecule has 0 bridgehead atoms. The predicted octanol–water partition coefficient (Wildman–Crippen LogP) is 1.68. The largest absolute Gasteiger partial charge is 0.396 e. The van der Waals surface area contributed by atoms with E-state index in [9.17, 15) is 9.90 Å². The minimum absolute atomic E-state index is 0. The molecule has 1 aromatic rings. The van der Waals surface area contributed by atoms with Crippen molar-refractivity contribution in [1.82, 2.24) is 10.2 Å². The van der Waals surface area contributed by atoms with Crippen molar-refractivity contribution in [3.05, 3.63) is 22.4 Å². The summed E-state index contributed by atoms with van der Waals surface area (Å²) in [5, 5.41) is 17.3. The standard InChI is InChI=1S/C15H22N2O2S.ClH/c18-11-15-3-1-5-16-13(15)9-17(6-4-15)14(19)8-12-2-7-20-10-12;/h2,7,10,13,16,18H,1,3-6,8-9,11H2;1H/t13-,15-;/m1./s1. The van der Waals surface area contributed by atoms with E-state index < -0.39 is 0 Å². The molecule has 0 aliphatic carbocycles. The Hall–Kier alpha value is -0.620. The summed E-state index contributed by atoms with van der Waals surface area (Å²) in [5.74, 6) is 0.210. The highest BCUT2D eigenvalue weighted by atomic mass is 35.5. The Balaban J connectivity index is 0.00000161. The number of amides is 1.